The lowest BCUT2D eigenvalue weighted by Gasteiger charge is -2.10. The van der Waals surface area contributed by atoms with Crippen molar-refractivity contribution in [3.05, 3.63) is 0 Å². The van der Waals surface area contributed by atoms with E-state index in [1.807, 2.05) is 0 Å². The van der Waals surface area contributed by atoms with Crippen molar-refractivity contribution in [2.24, 2.45) is 5.73 Å². The summed E-state index contributed by atoms with van der Waals surface area (Å²) in [4.78, 5) is 0. The molecule has 0 rings (SSSR count). The first-order chi connectivity index (χ1) is 8.95. The third-order valence-corrected chi connectivity index (χ3v) is 4.18. The van der Waals surface area contributed by atoms with Gasteiger partial charge in [-0.15, -0.1) is 0 Å². The highest BCUT2D eigenvalue weighted by atomic mass is 32.2. The molecule has 116 valence electrons. The topological polar surface area (TPSA) is 80.4 Å². The molecule has 0 saturated carbocycles. The first-order valence-corrected chi connectivity index (χ1v) is 9.27. The Labute approximate surface area is 118 Å². The van der Waals surface area contributed by atoms with Gasteiger partial charge in [0.1, 0.15) is 0 Å². The van der Waals surface area contributed by atoms with Gasteiger partial charge in [-0.05, 0) is 12.8 Å². The second kappa shape index (κ2) is 11.7. The summed E-state index contributed by atoms with van der Waals surface area (Å²) in [6, 6.07) is -0.105. The van der Waals surface area contributed by atoms with E-state index >= 15 is 0 Å². The van der Waals surface area contributed by atoms with Crippen LogP contribution in [-0.4, -0.2) is 24.8 Å². The minimum Gasteiger partial charge on any atom is -0.328 e. The Kier molecular flexibility index (Phi) is 11.6. The van der Waals surface area contributed by atoms with Crippen molar-refractivity contribution < 1.29 is 13.0 Å². The Morgan fingerprint density at radius 3 is 1.84 bits per heavy atom. The molecule has 1 unspecified atom stereocenters. The normalized spacial score (nSPS) is 13.6. The van der Waals surface area contributed by atoms with Crippen LogP contribution in [0.15, 0.2) is 0 Å². The molecule has 0 aliphatic heterocycles. The van der Waals surface area contributed by atoms with Gasteiger partial charge in [0.05, 0.1) is 5.75 Å². The van der Waals surface area contributed by atoms with Crippen molar-refractivity contribution in [2.45, 2.75) is 83.6 Å². The van der Waals surface area contributed by atoms with Gasteiger partial charge in [0.15, 0.2) is 0 Å². The molecule has 1 atom stereocenters. The van der Waals surface area contributed by atoms with Crippen molar-refractivity contribution >= 4 is 10.1 Å². The molecule has 0 spiro atoms. The summed E-state index contributed by atoms with van der Waals surface area (Å²) in [5.74, 6) is -0.217. The highest BCUT2D eigenvalue weighted by Crippen LogP contribution is 2.11. The van der Waals surface area contributed by atoms with E-state index in [2.05, 4.69) is 6.92 Å². The molecule has 0 aromatic rings. The maximum absolute atomic E-state index is 10.6. The minimum absolute atomic E-state index is 0.105. The van der Waals surface area contributed by atoms with E-state index in [1.165, 1.54) is 51.4 Å². The van der Waals surface area contributed by atoms with E-state index in [9.17, 15) is 8.42 Å². The molecule has 4 nitrogen and oxygen atoms in total. The summed E-state index contributed by atoms with van der Waals surface area (Å²) in [5.41, 5.74) is 5.80. The number of hydrogen-bond donors (Lipinski definition) is 2. The molecule has 0 aromatic heterocycles. The molecule has 0 heterocycles. The van der Waals surface area contributed by atoms with Gasteiger partial charge in [-0.1, -0.05) is 64.7 Å². The summed E-state index contributed by atoms with van der Waals surface area (Å²) < 4.78 is 29.7. The lowest BCUT2D eigenvalue weighted by molar-refractivity contribution is 0.470. The van der Waals surface area contributed by atoms with E-state index in [1.54, 1.807) is 0 Å². The second-order valence-corrected chi connectivity index (χ2v) is 7.02. The fourth-order valence-electron chi connectivity index (χ4n) is 2.16. The molecule has 0 bridgehead atoms. The van der Waals surface area contributed by atoms with Gasteiger partial charge in [-0.2, -0.15) is 8.42 Å². The Morgan fingerprint density at radius 2 is 1.37 bits per heavy atom. The van der Waals surface area contributed by atoms with Crippen LogP contribution in [0, 0.1) is 0 Å². The lowest BCUT2D eigenvalue weighted by Crippen LogP contribution is -2.23. The van der Waals surface area contributed by atoms with Crippen LogP contribution in [0.25, 0.3) is 0 Å². The molecule has 0 saturated heterocycles. The summed E-state index contributed by atoms with van der Waals surface area (Å²) >= 11 is 0. The summed E-state index contributed by atoms with van der Waals surface area (Å²) in [7, 11) is -3.85. The van der Waals surface area contributed by atoms with E-state index in [0.29, 0.717) is 6.42 Å². The number of rotatable bonds is 13. The summed E-state index contributed by atoms with van der Waals surface area (Å²) in [5, 5.41) is 0. The van der Waals surface area contributed by atoms with E-state index in [-0.39, 0.29) is 11.8 Å². The monoisotopic (exact) mass is 293 g/mol. The molecular weight excluding hydrogens is 262 g/mol. The van der Waals surface area contributed by atoms with Crippen LogP contribution in [0.5, 0.6) is 0 Å². The first kappa shape index (κ1) is 18.9. The smallest absolute Gasteiger partial charge is 0.264 e. The Balaban J connectivity index is 3.25. The van der Waals surface area contributed by atoms with Crippen molar-refractivity contribution in [2.75, 3.05) is 5.75 Å². The Hall–Kier alpha value is -0.130. The highest BCUT2D eigenvalue weighted by Gasteiger charge is 2.09. The number of unbranched alkanes of at least 4 members (excludes halogenated alkanes) is 8. The molecule has 0 amide bonds. The van der Waals surface area contributed by atoms with E-state index in [0.717, 1.165) is 12.8 Å². The predicted octanol–water partition coefficient (Wildman–Crippen LogP) is 3.51. The second-order valence-electron chi connectivity index (χ2n) is 5.45. The lowest BCUT2D eigenvalue weighted by atomic mass is 10.0. The maximum Gasteiger partial charge on any atom is 0.264 e. The van der Waals surface area contributed by atoms with Gasteiger partial charge in [0.25, 0.3) is 10.1 Å². The van der Waals surface area contributed by atoms with Gasteiger partial charge >= 0.3 is 0 Å². The Morgan fingerprint density at radius 1 is 0.895 bits per heavy atom. The van der Waals surface area contributed by atoms with Gasteiger partial charge in [-0.25, -0.2) is 0 Å². The van der Waals surface area contributed by atoms with Gasteiger partial charge < -0.3 is 5.73 Å². The molecule has 0 aromatic carbocycles. The van der Waals surface area contributed by atoms with Gasteiger partial charge in [-0.3, -0.25) is 4.55 Å². The number of hydrogen-bond acceptors (Lipinski definition) is 3. The fourth-order valence-corrected chi connectivity index (χ4v) is 2.76. The van der Waals surface area contributed by atoms with Crippen molar-refractivity contribution in [3.8, 4) is 0 Å². The van der Waals surface area contributed by atoms with Crippen LogP contribution in [0.1, 0.15) is 77.6 Å². The zero-order valence-corrected chi connectivity index (χ0v) is 13.1. The zero-order chi connectivity index (χ0) is 14.6. The third-order valence-electron chi connectivity index (χ3n) is 3.43. The first-order valence-electron chi connectivity index (χ1n) is 7.66. The SMILES string of the molecule is CCCCCCCCCCCC(N)CCS(=O)(=O)O. The molecule has 5 heteroatoms. The van der Waals surface area contributed by atoms with Crippen molar-refractivity contribution in [1.29, 1.82) is 0 Å². The summed E-state index contributed by atoms with van der Waals surface area (Å²) in [6.07, 6.45) is 12.7. The van der Waals surface area contributed by atoms with E-state index < -0.39 is 10.1 Å². The predicted molar refractivity (Wildman–Crippen MR) is 80.9 cm³/mol. The van der Waals surface area contributed by atoms with Gasteiger partial charge in [0, 0.05) is 6.04 Å². The maximum atomic E-state index is 10.6. The molecule has 19 heavy (non-hydrogen) atoms. The largest absolute Gasteiger partial charge is 0.328 e. The zero-order valence-electron chi connectivity index (χ0n) is 12.3. The minimum atomic E-state index is -3.85. The van der Waals surface area contributed by atoms with Crippen LogP contribution < -0.4 is 5.73 Å². The Bertz CT molecular complexity index is 291. The molecular formula is C14H31NO3S. The van der Waals surface area contributed by atoms with Crippen LogP contribution >= 0.6 is 0 Å². The van der Waals surface area contributed by atoms with Crippen LogP contribution in [0.4, 0.5) is 0 Å². The van der Waals surface area contributed by atoms with Crippen molar-refractivity contribution in [3.63, 3.8) is 0 Å². The quantitative estimate of drug-likeness (QED) is 0.402. The standard InChI is InChI=1S/C14H31NO3S/c1-2-3-4-5-6-7-8-9-10-11-14(15)12-13-19(16,17)18/h14H,2-13,15H2,1H3,(H,16,17,18). The van der Waals surface area contributed by atoms with Crippen LogP contribution in [0.2, 0.25) is 0 Å². The molecule has 0 aliphatic rings. The molecule has 0 radical (unpaired) electrons. The number of nitrogens with two attached hydrogens (primary N) is 1. The van der Waals surface area contributed by atoms with Crippen LogP contribution in [0.3, 0.4) is 0 Å². The fraction of sp³-hybridized carbons (Fsp3) is 1.00. The molecule has 0 fully saturated rings. The average molecular weight is 293 g/mol. The van der Waals surface area contributed by atoms with Crippen LogP contribution in [-0.2, 0) is 10.1 Å². The highest BCUT2D eigenvalue weighted by molar-refractivity contribution is 7.85. The summed E-state index contributed by atoms with van der Waals surface area (Å²) in [6.45, 7) is 2.23. The molecule has 3 N–H and O–H groups in total. The van der Waals surface area contributed by atoms with Gasteiger partial charge in [0.2, 0.25) is 0 Å². The van der Waals surface area contributed by atoms with E-state index in [4.69, 9.17) is 10.3 Å². The molecule has 0 aliphatic carbocycles. The average Bonchev–Trinajstić information content (AvgIpc) is 2.33. The third kappa shape index (κ3) is 15.8. The van der Waals surface area contributed by atoms with Crippen molar-refractivity contribution in [1.82, 2.24) is 0 Å².